The van der Waals surface area contributed by atoms with E-state index in [2.05, 4.69) is 42.3 Å². The van der Waals surface area contributed by atoms with Crippen LogP contribution in [0.4, 0.5) is 0 Å². The van der Waals surface area contributed by atoms with Gasteiger partial charge in [-0.2, -0.15) is 0 Å². The van der Waals surface area contributed by atoms with Crippen LogP contribution in [-0.4, -0.2) is 12.0 Å². The lowest BCUT2D eigenvalue weighted by Crippen LogP contribution is -2.05. The van der Waals surface area contributed by atoms with Crippen molar-refractivity contribution in [2.24, 2.45) is 0 Å². The number of hydrogen-bond acceptors (Lipinski definition) is 1. The summed E-state index contributed by atoms with van der Waals surface area (Å²) in [6.07, 6.45) is 3.99. The van der Waals surface area contributed by atoms with Gasteiger partial charge in [0.15, 0.2) is 0 Å². The summed E-state index contributed by atoms with van der Waals surface area (Å²) in [5.41, 5.74) is 3.81. The van der Waals surface area contributed by atoms with E-state index in [9.17, 15) is 0 Å². The SMILES string of the molecule is CNCc1c[nH]ccc(C)ccc1C. The third kappa shape index (κ3) is 3.23. The Morgan fingerprint density at radius 2 is 2.00 bits per heavy atom. The molecule has 76 valence electrons. The largest absolute Gasteiger partial charge is 0.367 e. The molecule has 0 atom stereocenters. The Labute approximate surface area is 85.7 Å². The number of aromatic nitrogens is 1. The predicted molar refractivity (Wildman–Crippen MR) is 60.7 cm³/mol. The molecule has 0 aliphatic carbocycles. The van der Waals surface area contributed by atoms with E-state index in [1.54, 1.807) is 0 Å². The van der Waals surface area contributed by atoms with Crippen LogP contribution in [0.3, 0.4) is 0 Å². The van der Waals surface area contributed by atoms with Gasteiger partial charge in [0, 0.05) is 18.9 Å². The van der Waals surface area contributed by atoms with E-state index >= 15 is 0 Å². The third-order valence-corrected chi connectivity index (χ3v) is 2.17. The van der Waals surface area contributed by atoms with Gasteiger partial charge < -0.3 is 10.3 Å². The minimum Gasteiger partial charge on any atom is -0.367 e. The predicted octanol–water partition coefficient (Wildman–Crippen LogP) is 2.48. The zero-order chi connectivity index (χ0) is 10.4. The second kappa shape index (κ2) is 5.45. The van der Waals surface area contributed by atoms with Crippen molar-refractivity contribution in [2.45, 2.75) is 20.4 Å². The van der Waals surface area contributed by atoms with E-state index < -0.39 is 0 Å². The number of nitrogens with one attached hydrogen (secondary N) is 2. The zero-order valence-corrected chi connectivity index (χ0v) is 9.09. The minimum absolute atomic E-state index is 0.885. The lowest BCUT2D eigenvalue weighted by molar-refractivity contribution is 0.809. The highest BCUT2D eigenvalue weighted by molar-refractivity contribution is 5.22. The molecule has 2 nitrogen and oxygen atoms in total. The van der Waals surface area contributed by atoms with Crippen molar-refractivity contribution in [1.82, 2.24) is 10.3 Å². The Morgan fingerprint density at radius 3 is 2.71 bits per heavy atom. The van der Waals surface area contributed by atoms with Crippen LogP contribution in [0, 0.1) is 13.8 Å². The molecule has 2 N–H and O–H groups in total. The van der Waals surface area contributed by atoms with Crippen molar-refractivity contribution in [2.75, 3.05) is 7.05 Å². The molecular weight excluding hydrogens is 172 g/mol. The molecule has 1 aromatic rings. The molecule has 0 aliphatic rings. The summed E-state index contributed by atoms with van der Waals surface area (Å²) in [6.45, 7) is 5.10. The monoisotopic (exact) mass is 190 g/mol. The molecule has 0 saturated heterocycles. The maximum absolute atomic E-state index is 3.16. The molecule has 0 aliphatic heterocycles. The highest BCUT2D eigenvalue weighted by atomic mass is 14.8. The summed E-state index contributed by atoms with van der Waals surface area (Å²) in [6, 6.07) is 6.33. The highest BCUT2D eigenvalue weighted by Crippen LogP contribution is 2.03. The Kier molecular flexibility index (Phi) is 4.20. The van der Waals surface area contributed by atoms with Gasteiger partial charge in [0.25, 0.3) is 0 Å². The first-order valence-corrected chi connectivity index (χ1v) is 4.86. The third-order valence-electron chi connectivity index (χ3n) is 2.17. The van der Waals surface area contributed by atoms with Crippen LogP contribution in [0.2, 0.25) is 0 Å². The lowest BCUT2D eigenvalue weighted by atomic mass is 10.2. The molecule has 1 rings (SSSR count). The first kappa shape index (κ1) is 10.8. The van der Waals surface area contributed by atoms with Crippen LogP contribution >= 0.6 is 0 Å². The number of H-pyrrole nitrogens is 1. The highest BCUT2D eigenvalue weighted by Gasteiger charge is 1.91. The average Bonchev–Trinajstić information content (AvgIpc) is 2.24. The Balaban J connectivity index is 3.21. The fraction of sp³-hybridized carbons (Fsp3) is 0.333. The zero-order valence-electron chi connectivity index (χ0n) is 9.09. The summed E-state index contributed by atoms with van der Waals surface area (Å²) in [7, 11) is 1.96. The van der Waals surface area contributed by atoms with E-state index in [4.69, 9.17) is 0 Å². The van der Waals surface area contributed by atoms with Crippen LogP contribution in [0.25, 0.3) is 0 Å². The summed E-state index contributed by atoms with van der Waals surface area (Å²) in [4.78, 5) is 3.16. The van der Waals surface area contributed by atoms with Crippen LogP contribution in [0.1, 0.15) is 16.7 Å². The fourth-order valence-corrected chi connectivity index (χ4v) is 1.24. The standard InChI is InChI=1S/C12H18N2/c1-10-4-5-11(2)12(8-13-3)9-14-7-6-10/h4-7,9,13-14H,8H2,1-3H3. The fourth-order valence-electron chi connectivity index (χ4n) is 1.24. The lowest BCUT2D eigenvalue weighted by Gasteiger charge is -1.99. The summed E-state index contributed by atoms with van der Waals surface area (Å²) in [5.74, 6) is 0. The maximum atomic E-state index is 3.16. The van der Waals surface area contributed by atoms with E-state index in [0.717, 1.165) is 6.54 Å². The number of aryl methyl sites for hydroxylation is 2. The second-order valence-corrected chi connectivity index (χ2v) is 3.46. The molecule has 0 aromatic carbocycles. The van der Waals surface area contributed by atoms with E-state index in [0.29, 0.717) is 0 Å². The van der Waals surface area contributed by atoms with Gasteiger partial charge in [-0.05, 0) is 43.7 Å². The van der Waals surface area contributed by atoms with Gasteiger partial charge in [-0.25, -0.2) is 0 Å². The minimum atomic E-state index is 0.885. The molecule has 0 saturated carbocycles. The van der Waals surface area contributed by atoms with Crippen molar-refractivity contribution in [1.29, 1.82) is 0 Å². The summed E-state index contributed by atoms with van der Waals surface area (Å²) >= 11 is 0. The van der Waals surface area contributed by atoms with Gasteiger partial charge >= 0.3 is 0 Å². The normalized spacial score (nSPS) is 9.64. The number of aromatic amines is 1. The molecular formula is C12H18N2. The van der Waals surface area contributed by atoms with Crippen molar-refractivity contribution >= 4 is 0 Å². The Bertz CT molecular complexity index is 338. The van der Waals surface area contributed by atoms with E-state index in [-0.39, 0.29) is 0 Å². The molecule has 0 bridgehead atoms. The van der Waals surface area contributed by atoms with E-state index in [1.165, 1.54) is 16.7 Å². The Hall–Kier alpha value is -1.28. The molecule has 0 fully saturated rings. The number of rotatable bonds is 2. The maximum Gasteiger partial charge on any atom is 0.0219 e. The van der Waals surface area contributed by atoms with Crippen LogP contribution in [-0.2, 0) is 6.54 Å². The molecule has 1 aromatic heterocycles. The van der Waals surface area contributed by atoms with Crippen molar-refractivity contribution in [3.63, 3.8) is 0 Å². The van der Waals surface area contributed by atoms with Gasteiger partial charge in [0.2, 0.25) is 0 Å². The van der Waals surface area contributed by atoms with Crippen molar-refractivity contribution < 1.29 is 0 Å². The molecule has 0 radical (unpaired) electrons. The first-order chi connectivity index (χ1) is 6.74. The molecule has 0 unspecified atom stereocenters. The molecule has 14 heavy (non-hydrogen) atoms. The molecule has 0 amide bonds. The van der Waals surface area contributed by atoms with Gasteiger partial charge in [-0.15, -0.1) is 0 Å². The Morgan fingerprint density at radius 1 is 1.21 bits per heavy atom. The average molecular weight is 190 g/mol. The van der Waals surface area contributed by atoms with E-state index in [1.807, 2.05) is 19.4 Å². The smallest absolute Gasteiger partial charge is 0.0219 e. The topological polar surface area (TPSA) is 27.8 Å². The quantitative estimate of drug-likeness (QED) is 0.736. The second-order valence-electron chi connectivity index (χ2n) is 3.46. The van der Waals surface area contributed by atoms with Crippen LogP contribution < -0.4 is 5.32 Å². The summed E-state index contributed by atoms with van der Waals surface area (Å²) in [5, 5.41) is 3.15. The number of hydrogen-bond donors (Lipinski definition) is 2. The van der Waals surface area contributed by atoms with Gasteiger partial charge in [0.1, 0.15) is 0 Å². The molecule has 2 heteroatoms. The summed E-state index contributed by atoms with van der Waals surface area (Å²) < 4.78 is 0. The van der Waals surface area contributed by atoms with Gasteiger partial charge in [0.05, 0.1) is 0 Å². The molecule has 0 spiro atoms. The van der Waals surface area contributed by atoms with Crippen molar-refractivity contribution in [3.05, 3.63) is 47.3 Å². The first-order valence-electron chi connectivity index (χ1n) is 4.86. The van der Waals surface area contributed by atoms with Crippen molar-refractivity contribution in [3.8, 4) is 0 Å². The van der Waals surface area contributed by atoms with Crippen LogP contribution in [0.5, 0.6) is 0 Å². The van der Waals surface area contributed by atoms with Gasteiger partial charge in [-0.3, -0.25) is 0 Å². The molecule has 1 heterocycles. The van der Waals surface area contributed by atoms with Crippen LogP contribution in [0.15, 0.2) is 30.6 Å². The van der Waals surface area contributed by atoms with Gasteiger partial charge in [-0.1, -0.05) is 12.1 Å².